The van der Waals surface area contributed by atoms with Crippen molar-refractivity contribution in [2.45, 2.75) is 34.6 Å². The number of hydrogen-bond acceptors (Lipinski definition) is 1. The van der Waals surface area contributed by atoms with E-state index >= 15 is 0 Å². The minimum atomic E-state index is 0.284. The predicted octanol–water partition coefficient (Wildman–Crippen LogP) is 4.42. The van der Waals surface area contributed by atoms with Gasteiger partial charge in [0.1, 0.15) is 0 Å². The van der Waals surface area contributed by atoms with Crippen LogP contribution in [0.2, 0.25) is 0 Å². The average molecular weight is 194 g/mol. The smallest absolute Gasteiger partial charge is 0.0272 e. The summed E-state index contributed by atoms with van der Waals surface area (Å²) in [6.07, 6.45) is 4.49. The second-order valence-corrected chi connectivity index (χ2v) is 5.88. The Hall–Kier alpha value is -0.560. The van der Waals surface area contributed by atoms with E-state index in [2.05, 4.69) is 52.8 Å². The van der Waals surface area contributed by atoms with E-state index in [0.29, 0.717) is 0 Å². The van der Waals surface area contributed by atoms with E-state index in [-0.39, 0.29) is 5.41 Å². The summed E-state index contributed by atoms with van der Waals surface area (Å²) in [4.78, 5) is 2.79. The van der Waals surface area contributed by atoms with Crippen molar-refractivity contribution in [2.75, 3.05) is 0 Å². The Morgan fingerprint density at radius 3 is 2.23 bits per heavy atom. The molecule has 0 aromatic carbocycles. The van der Waals surface area contributed by atoms with E-state index in [0.717, 1.165) is 0 Å². The second kappa shape index (κ2) is 3.67. The summed E-state index contributed by atoms with van der Waals surface area (Å²) in [5, 5.41) is 0. The molecule has 0 amide bonds. The molecule has 0 nitrogen and oxygen atoms in total. The first-order chi connectivity index (χ1) is 5.88. The summed E-state index contributed by atoms with van der Waals surface area (Å²) in [5.41, 5.74) is 1.68. The fourth-order valence-corrected chi connectivity index (χ4v) is 1.96. The minimum Gasteiger partial charge on any atom is -0.141 e. The summed E-state index contributed by atoms with van der Waals surface area (Å²) in [6, 6.07) is 2.25. The van der Waals surface area contributed by atoms with Gasteiger partial charge in [0.05, 0.1) is 0 Å². The van der Waals surface area contributed by atoms with Gasteiger partial charge in [0.15, 0.2) is 0 Å². The summed E-state index contributed by atoms with van der Waals surface area (Å²) < 4.78 is 0. The molecule has 0 bridgehead atoms. The van der Waals surface area contributed by atoms with Crippen molar-refractivity contribution in [3.63, 3.8) is 0 Å². The zero-order valence-electron chi connectivity index (χ0n) is 9.14. The number of aryl methyl sites for hydroxylation is 2. The highest BCUT2D eigenvalue weighted by Gasteiger charge is 2.04. The third-order valence-electron chi connectivity index (χ3n) is 1.93. The van der Waals surface area contributed by atoms with Crippen LogP contribution in [0.15, 0.2) is 12.1 Å². The van der Waals surface area contributed by atoms with Gasteiger partial charge in [0, 0.05) is 9.75 Å². The molecule has 0 unspecified atom stereocenters. The quantitative estimate of drug-likeness (QED) is 0.620. The van der Waals surface area contributed by atoms with Gasteiger partial charge in [-0.1, -0.05) is 26.8 Å². The molecule has 1 heterocycles. The average Bonchev–Trinajstić information content (AvgIpc) is 2.27. The van der Waals surface area contributed by atoms with Crippen LogP contribution in [-0.4, -0.2) is 0 Å². The SMILES string of the molecule is Cc1cc(/C=C/C(C)(C)C)sc1C. The van der Waals surface area contributed by atoms with Crippen molar-refractivity contribution in [1.82, 2.24) is 0 Å². The zero-order chi connectivity index (χ0) is 10.1. The largest absolute Gasteiger partial charge is 0.141 e. The van der Waals surface area contributed by atoms with E-state index in [4.69, 9.17) is 0 Å². The molecular formula is C12H18S. The number of thiophene rings is 1. The van der Waals surface area contributed by atoms with Gasteiger partial charge in [-0.05, 0) is 37.0 Å². The van der Waals surface area contributed by atoms with Gasteiger partial charge in [0.2, 0.25) is 0 Å². The third-order valence-corrected chi connectivity index (χ3v) is 3.05. The Kier molecular flexibility index (Phi) is 2.97. The van der Waals surface area contributed by atoms with E-state index in [9.17, 15) is 0 Å². The second-order valence-electron chi connectivity index (χ2n) is 4.59. The lowest BCUT2D eigenvalue weighted by molar-refractivity contribution is 0.547. The van der Waals surface area contributed by atoms with Crippen molar-refractivity contribution >= 4 is 17.4 Å². The number of allylic oxidation sites excluding steroid dienone is 1. The maximum Gasteiger partial charge on any atom is 0.0272 e. The Morgan fingerprint density at radius 2 is 1.85 bits per heavy atom. The molecule has 0 N–H and O–H groups in total. The molecule has 1 heteroatoms. The van der Waals surface area contributed by atoms with Crippen molar-refractivity contribution in [3.8, 4) is 0 Å². The van der Waals surface area contributed by atoms with Crippen molar-refractivity contribution < 1.29 is 0 Å². The fraction of sp³-hybridized carbons (Fsp3) is 0.500. The summed E-state index contributed by atoms with van der Waals surface area (Å²) in [5.74, 6) is 0. The van der Waals surface area contributed by atoms with Gasteiger partial charge in [-0.15, -0.1) is 11.3 Å². The molecule has 1 aromatic heterocycles. The van der Waals surface area contributed by atoms with Crippen molar-refractivity contribution in [3.05, 3.63) is 27.5 Å². The molecule has 0 saturated carbocycles. The van der Waals surface area contributed by atoms with E-state index in [1.807, 2.05) is 11.3 Å². The highest BCUT2D eigenvalue weighted by molar-refractivity contribution is 7.13. The van der Waals surface area contributed by atoms with Crippen LogP contribution in [0, 0.1) is 19.3 Å². The standard InChI is InChI=1S/C12H18S/c1-9-8-11(13-10(9)2)6-7-12(3,4)5/h6-8H,1-5H3/b7-6+. The fourth-order valence-electron chi connectivity index (χ4n) is 1.02. The Morgan fingerprint density at radius 1 is 1.23 bits per heavy atom. The molecule has 1 aromatic rings. The van der Waals surface area contributed by atoms with E-state index in [1.165, 1.54) is 15.3 Å². The molecular weight excluding hydrogens is 176 g/mol. The van der Waals surface area contributed by atoms with Crippen LogP contribution >= 0.6 is 11.3 Å². The maximum absolute atomic E-state index is 2.26. The molecule has 13 heavy (non-hydrogen) atoms. The van der Waals surface area contributed by atoms with Crippen LogP contribution in [-0.2, 0) is 0 Å². The van der Waals surface area contributed by atoms with E-state index < -0.39 is 0 Å². The molecule has 0 aliphatic carbocycles. The van der Waals surface area contributed by atoms with Crippen LogP contribution in [0.3, 0.4) is 0 Å². The van der Waals surface area contributed by atoms with Gasteiger partial charge in [0.25, 0.3) is 0 Å². The predicted molar refractivity (Wildman–Crippen MR) is 62.3 cm³/mol. The Bertz CT molecular complexity index is 291. The highest BCUT2D eigenvalue weighted by atomic mass is 32.1. The molecule has 0 radical (unpaired) electrons. The van der Waals surface area contributed by atoms with Crippen LogP contribution in [0.1, 0.15) is 36.1 Å². The van der Waals surface area contributed by atoms with Gasteiger partial charge >= 0.3 is 0 Å². The lowest BCUT2D eigenvalue weighted by Gasteiger charge is -2.10. The Labute approximate surface area is 85.3 Å². The molecule has 0 spiro atoms. The van der Waals surface area contributed by atoms with Gasteiger partial charge in [-0.25, -0.2) is 0 Å². The molecule has 0 aliphatic heterocycles. The van der Waals surface area contributed by atoms with Gasteiger partial charge in [-0.2, -0.15) is 0 Å². The van der Waals surface area contributed by atoms with Crippen LogP contribution in [0.25, 0.3) is 6.08 Å². The number of rotatable bonds is 1. The Balaban J connectivity index is 2.81. The van der Waals surface area contributed by atoms with Crippen molar-refractivity contribution in [2.24, 2.45) is 5.41 Å². The van der Waals surface area contributed by atoms with Crippen LogP contribution in [0.5, 0.6) is 0 Å². The maximum atomic E-state index is 2.26. The number of hydrogen-bond donors (Lipinski definition) is 0. The first-order valence-electron chi connectivity index (χ1n) is 4.65. The summed E-state index contributed by atoms with van der Waals surface area (Å²) in [6.45, 7) is 11.0. The normalized spacial score (nSPS) is 12.7. The molecule has 72 valence electrons. The van der Waals surface area contributed by atoms with E-state index in [1.54, 1.807) is 0 Å². The topological polar surface area (TPSA) is 0 Å². The monoisotopic (exact) mass is 194 g/mol. The molecule has 1 rings (SSSR count). The molecule has 0 fully saturated rings. The van der Waals surface area contributed by atoms with Gasteiger partial charge in [-0.3, -0.25) is 0 Å². The molecule has 0 aliphatic rings. The van der Waals surface area contributed by atoms with Crippen molar-refractivity contribution in [1.29, 1.82) is 0 Å². The minimum absolute atomic E-state index is 0.284. The summed E-state index contributed by atoms with van der Waals surface area (Å²) in [7, 11) is 0. The lowest BCUT2D eigenvalue weighted by Crippen LogP contribution is -1.97. The first-order valence-corrected chi connectivity index (χ1v) is 5.46. The lowest BCUT2D eigenvalue weighted by atomic mass is 9.96. The summed E-state index contributed by atoms with van der Waals surface area (Å²) >= 11 is 1.87. The molecule has 0 saturated heterocycles. The van der Waals surface area contributed by atoms with Gasteiger partial charge < -0.3 is 0 Å². The van der Waals surface area contributed by atoms with Crippen LogP contribution < -0.4 is 0 Å². The third kappa shape index (κ3) is 3.35. The molecule has 0 atom stereocenters. The van der Waals surface area contributed by atoms with Crippen LogP contribution in [0.4, 0.5) is 0 Å². The zero-order valence-corrected chi connectivity index (χ0v) is 9.96. The highest BCUT2D eigenvalue weighted by Crippen LogP contribution is 2.24. The first kappa shape index (κ1) is 10.5.